The minimum Gasteiger partial charge on any atom is -0.388 e. The Morgan fingerprint density at radius 2 is 1.58 bits per heavy atom. The predicted molar refractivity (Wildman–Crippen MR) is 84.2 cm³/mol. The third-order valence-corrected chi connectivity index (χ3v) is 3.76. The summed E-state index contributed by atoms with van der Waals surface area (Å²) in [5.41, 5.74) is 2.20. The summed E-state index contributed by atoms with van der Waals surface area (Å²) in [4.78, 5) is 0. The van der Waals surface area contributed by atoms with E-state index in [-0.39, 0.29) is 6.10 Å². The first-order valence-corrected chi connectivity index (χ1v) is 7.54. The monoisotopic (exact) mass is 270 g/mol. The lowest BCUT2D eigenvalue weighted by Crippen LogP contribution is -2.00. The minimum atomic E-state index is -0.378. The van der Waals surface area contributed by atoms with Crippen LogP contribution in [-0.2, 0) is 0 Å². The van der Waals surface area contributed by atoms with Gasteiger partial charge in [0.1, 0.15) is 0 Å². The second-order valence-corrected chi connectivity index (χ2v) is 5.35. The van der Waals surface area contributed by atoms with Gasteiger partial charge in [0.05, 0.1) is 6.10 Å². The van der Waals surface area contributed by atoms with Crippen LogP contribution in [0.3, 0.4) is 0 Å². The van der Waals surface area contributed by atoms with Gasteiger partial charge in [-0.05, 0) is 11.1 Å². The summed E-state index contributed by atoms with van der Waals surface area (Å²) >= 11 is 1.74. The fraction of sp³-hybridized carbons (Fsp3) is 0.176. The fourth-order valence-corrected chi connectivity index (χ4v) is 2.55. The molecule has 0 aliphatic rings. The van der Waals surface area contributed by atoms with E-state index in [1.54, 1.807) is 11.8 Å². The number of benzene rings is 2. The van der Waals surface area contributed by atoms with Crippen LogP contribution in [0, 0.1) is 0 Å². The second kappa shape index (κ2) is 7.82. The van der Waals surface area contributed by atoms with Crippen LogP contribution in [0.1, 0.15) is 17.2 Å². The zero-order chi connectivity index (χ0) is 13.3. The molecule has 98 valence electrons. The summed E-state index contributed by atoms with van der Waals surface area (Å²) in [5, 5.41) is 9.99. The molecule has 0 spiro atoms. The molecule has 1 nitrogen and oxygen atoms in total. The molecular formula is C17H18OS. The molecule has 0 saturated carbocycles. The maximum Gasteiger partial charge on any atom is 0.0880 e. The Labute approximate surface area is 119 Å². The van der Waals surface area contributed by atoms with E-state index in [1.807, 2.05) is 48.5 Å². The van der Waals surface area contributed by atoms with Crippen molar-refractivity contribution in [2.45, 2.75) is 6.10 Å². The van der Waals surface area contributed by atoms with Gasteiger partial charge in [0, 0.05) is 11.5 Å². The van der Waals surface area contributed by atoms with Crippen LogP contribution in [0.4, 0.5) is 0 Å². The molecule has 1 atom stereocenters. The van der Waals surface area contributed by atoms with Crippen molar-refractivity contribution in [1.82, 2.24) is 0 Å². The standard InChI is InChI=1S/C17H18OS/c18-17(16-11-5-2-6-12-16)14-19-13-7-10-15-8-3-1-4-9-15/h1-12,17-18H,13-14H2/b10-7-/t17-/m1/s1. The van der Waals surface area contributed by atoms with Gasteiger partial charge in [-0.3, -0.25) is 0 Å². The summed E-state index contributed by atoms with van der Waals surface area (Å²) in [6.07, 6.45) is 3.87. The average Bonchev–Trinajstić information content (AvgIpc) is 2.49. The molecule has 2 heteroatoms. The molecule has 0 aliphatic carbocycles. The highest BCUT2D eigenvalue weighted by atomic mass is 32.2. The van der Waals surface area contributed by atoms with Crippen LogP contribution in [0.25, 0.3) is 6.08 Å². The Hall–Kier alpha value is -1.51. The van der Waals surface area contributed by atoms with E-state index in [2.05, 4.69) is 24.3 Å². The van der Waals surface area contributed by atoms with Crippen molar-refractivity contribution < 1.29 is 5.11 Å². The van der Waals surface area contributed by atoms with Crippen LogP contribution in [0.15, 0.2) is 66.7 Å². The molecular weight excluding hydrogens is 252 g/mol. The molecule has 2 aromatic carbocycles. The quantitative estimate of drug-likeness (QED) is 0.795. The lowest BCUT2D eigenvalue weighted by atomic mass is 10.1. The highest BCUT2D eigenvalue weighted by molar-refractivity contribution is 7.99. The van der Waals surface area contributed by atoms with E-state index in [0.29, 0.717) is 0 Å². The van der Waals surface area contributed by atoms with Crippen molar-refractivity contribution in [2.75, 3.05) is 11.5 Å². The van der Waals surface area contributed by atoms with E-state index in [9.17, 15) is 5.11 Å². The number of thioether (sulfide) groups is 1. The summed E-state index contributed by atoms with van der Waals surface area (Å²) in [7, 11) is 0. The van der Waals surface area contributed by atoms with Gasteiger partial charge in [-0.2, -0.15) is 11.8 Å². The van der Waals surface area contributed by atoms with Crippen LogP contribution in [-0.4, -0.2) is 16.6 Å². The van der Waals surface area contributed by atoms with Crippen LogP contribution < -0.4 is 0 Å². The second-order valence-electron chi connectivity index (χ2n) is 4.28. The number of aliphatic hydroxyl groups is 1. The van der Waals surface area contributed by atoms with Crippen molar-refractivity contribution >= 4 is 17.8 Å². The zero-order valence-corrected chi connectivity index (χ0v) is 11.6. The first-order valence-electron chi connectivity index (χ1n) is 6.38. The molecule has 0 unspecified atom stereocenters. The molecule has 0 aromatic heterocycles. The third-order valence-electron chi connectivity index (χ3n) is 2.78. The molecule has 0 radical (unpaired) electrons. The molecule has 0 saturated heterocycles. The Kier molecular flexibility index (Phi) is 5.73. The highest BCUT2D eigenvalue weighted by Gasteiger charge is 2.05. The Morgan fingerprint density at radius 1 is 0.947 bits per heavy atom. The van der Waals surface area contributed by atoms with Gasteiger partial charge in [-0.1, -0.05) is 72.8 Å². The van der Waals surface area contributed by atoms with Crippen molar-refractivity contribution in [1.29, 1.82) is 0 Å². The molecule has 2 rings (SSSR count). The third kappa shape index (κ3) is 4.93. The molecule has 1 N–H and O–H groups in total. The minimum absolute atomic E-state index is 0.378. The van der Waals surface area contributed by atoms with Gasteiger partial charge in [0.25, 0.3) is 0 Å². The van der Waals surface area contributed by atoms with Gasteiger partial charge in [-0.15, -0.1) is 0 Å². The number of aliphatic hydroxyl groups excluding tert-OH is 1. The summed E-state index contributed by atoms with van der Waals surface area (Å²) in [6.45, 7) is 0. The zero-order valence-electron chi connectivity index (χ0n) is 10.8. The van der Waals surface area contributed by atoms with E-state index >= 15 is 0 Å². The van der Waals surface area contributed by atoms with E-state index in [0.717, 1.165) is 17.1 Å². The van der Waals surface area contributed by atoms with E-state index in [4.69, 9.17) is 0 Å². The SMILES string of the molecule is O[C@H](CSC/C=C\c1ccccc1)c1ccccc1. The topological polar surface area (TPSA) is 20.2 Å². The molecule has 0 bridgehead atoms. The number of rotatable bonds is 6. The Bertz CT molecular complexity index is 493. The molecule has 0 amide bonds. The Balaban J connectivity index is 1.71. The normalized spacial score (nSPS) is 12.7. The van der Waals surface area contributed by atoms with Gasteiger partial charge < -0.3 is 5.11 Å². The fourth-order valence-electron chi connectivity index (χ4n) is 1.77. The van der Waals surface area contributed by atoms with Crippen LogP contribution in [0.5, 0.6) is 0 Å². The first kappa shape index (κ1) is 13.9. The summed E-state index contributed by atoms with van der Waals surface area (Å²) in [6, 6.07) is 20.1. The highest BCUT2D eigenvalue weighted by Crippen LogP contribution is 2.18. The van der Waals surface area contributed by atoms with E-state index in [1.165, 1.54) is 5.56 Å². The van der Waals surface area contributed by atoms with Crippen molar-refractivity contribution in [2.24, 2.45) is 0 Å². The van der Waals surface area contributed by atoms with Gasteiger partial charge in [0.15, 0.2) is 0 Å². The predicted octanol–water partition coefficient (Wildman–Crippen LogP) is 4.17. The lowest BCUT2D eigenvalue weighted by molar-refractivity contribution is 0.204. The molecule has 19 heavy (non-hydrogen) atoms. The van der Waals surface area contributed by atoms with E-state index < -0.39 is 0 Å². The van der Waals surface area contributed by atoms with Crippen LogP contribution >= 0.6 is 11.8 Å². The molecule has 2 aromatic rings. The summed E-state index contributed by atoms with van der Waals surface area (Å²) in [5.74, 6) is 1.64. The average molecular weight is 270 g/mol. The molecule has 0 aliphatic heterocycles. The van der Waals surface area contributed by atoms with Gasteiger partial charge >= 0.3 is 0 Å². The summed E-state index contributed by atoms with van der Waals surface area (Å²) < 4.78 is 0. The van der Waals surface area contributed by atoms with Crippen molar-refractivity contribution in [3.05, 3.63) is 77.9 Å². The van der Waals surface area contributed by atoms with Gasteiger partial charge in [0.2, 0.25) is 0 Å². The van der Waals surface area contributed by atoms with Crippen molar-refractivity contribution in [3.63, 3.8) is 0 Å². The van der Waals surface area contributed by atoms with Crippen molar-refractivity contribution in [3.8, 4) is 0 Å². The smallest absolute Gasteiger partial charge is 0.0880 e. The number of hydrogen-bond acceptors (Lipinski definition) is 2. The maximum atomic E-state index is 9.99. The van der Waals surface area contributed by atoms with Gasteiger partial charge in [-0.25, -0.2) is 0 Å². The molecule has 0 heterocycles. The maximum absolute atomic E-state index is 9.99. The first-order chi connectivity index (χ1) is 9.36. The lowest BCUT2D eigenvalue weighted by Gasteiger charge is -2.09. The largest absolute Gasteiger partial charge is 0.388 e. The Morgan fingerprint density at radius 3 is 2.26 bits per heavy atom. The van der Waals surface area contributed by atoms with Crippen LogP contribution in [0.2, 0.25) is 0 Å². The number of hydrogen-bond donors (Lipinski definition) is 1. The molecule has 0 fully saturated rings.